The molecule has 0 heterocycles. The predicted molar refractivity (Wildman–Crippen MR) is 89.5 cm³/mol. The molecule has 5 heteroatoms. The molecule has 2 aromatic rings. The number of benzene rings is 2. The molecule has 104 valence electrons. The lowest BCUT2D eigenvalue weighted by atomic mass is 10.1. The van der Waals surface area contributed by atoms with E-state index in [2.05, 4.69) is 27.9 Å². The SMILES string of the molecule is COc1cccc(CC(=O)Nc2ccc(I)cc2Cl)c1. The summed E-state index contributed by atoms with van der Waals surface area (Å²) in [7, 11) is 1.60. The van der Waals surface area contributed by atoms with Gasteiger partial charge in [-0.15, -0.1) is 0 Å². The highest BCUT2D eigenvalue weighted by Gasteiger charge is 2.08. The molecule has 0 spiro atoms. The summed E-state index contributed by atoms with van der Waals surface area (Å²) < 4.78 is 6.16. The van der Waals surface area contributed by atoms with Crippen molar-refractivity contribution in [1.29, 1.82) is 0 Å². The largest absolute Gasteiger partial charge is 0.497 e. The van der Waals surface area contributed by atoms with Crippen LogP contribution in [0.15, 0.2) is 42.5 Å². The van der Waals surface area contributed by atoms with Gasteiger partial charge in [-0.2, -0.15) is 0 Å². The van der Waals surface area contributed by atoms with Gasteiger partial charge < -0.3 is 10.1 Å². The minimum absolute atomic E-state index is 0.110. The van der Waals surface area contributed by atoms with Crippen molar-refractivity contribution in [2.45, 2.75) is 6.42 Å². The minimum atomic E-state index is -0.110. The number of ether oxygens (including phenoxy) is 1. The molecule has 0 aliphatic heterocycles. The molecule has 0 aromatic heterocycles. The molecule has 0 aliphatic rings. The van der Waals surface area contributed by atoms with Crippen LogP contribution in [0, 0.1) is 3.57 Å². The van der Waals surface area contributed by atoms with Crippen LogP contribution in [0.1, 0.15) is 5.56 Å². The van der Waals surface area contributed by atoms with Gasteiger partial charge in [0.25, 0.3) is 0 Å². The molecule has 0 saturated heterocycles. The average Bonchev–Trinajstić information content (AvgIpc) is 2.42. The normalized spacial score (nSPS) is 10.2. The van der Waals surface area contributed by atoms with Crippen molar-refractivity contribution in [3.63, 3.8) is 0 Å². The van der Waals surface area contributed by atoms with E-state index in [0.717, 1.165) is 14.9 Å². The van der Waals surface area contributed by atoms with E-state index in [9.17, 15) is 4.79 Å². The van der Waals surface area contributed by atoms with Crippen LogP contribution < -0.4 is 10.1 Å². The van der Waals surface area contributed by atoms with Crippen LogP contribution in [0.4, 0.5) is 5.69 Å². The summed E-state index contributed by atoms with van der Waals surface area (Å²) in [5, 5.41) is 3.35. The monoisotopic (exact) mass is 401 g/mol. The topological polar surface area (TPSA) is 38.3 Å². The van der Waals surface area contributed by atoms with Gasteiger partial charge in [0.1, 0.15) is 5.75 Å². The van der Waals surface area contributed by atoms with Gasteiger partial charge in [-0.3, -0.25) is 4.79 Å². The van der Waals surface area contributed by atoms with E-state index in [0.29, 0.717) is 10.7 Å². The fourth-order valence-corrected chi connectivity index (χ4v) is 2.66. The zero-order valence-electron chi connectivity index (χ0n) is 10.8. The summed E-state index contributed by atoms with van der Waals surface area (Å²) in [6.07, 6.45) is 0.277. The van der Waals surface area contributed by atoms with Crippen molar-refractivity contribution < 1.29 is 9.53 Å². The maximum Gasteiger partial charge on any atom is 0.228 e. The van der Waals surface area contributed by atoms with Crippen molar-refractivity contribution in [3.05, 3.63) is 56.6 Å². The summed E-state index contributed by atoms with van der Waals surface area (Å²) in [4.78, 5) is 12.0. The lowest BCUT2D eigenvalue weighted by Gasteiger charge is -2.08. The highest BCUT2D eigenvalue weighted by Crippen LogP contribution is 2.24. The van der Waals surface area contributed by atoms with Crippen molar-refractivity contribution in [2.24, 2.45) is 0 Å². The first-order valence-corrected chi connectivity index (χ1v) is 7.42. The fourth-order valence-electron chi connectivity index (χ4n) is 1.75. The van der Waals surface area contributed by atoms with Crippen LogP contribution in [0.2, 0.25) is 5.02 Å². The molecule has 1 N–H and O–H groups in total. The van der Waals surface area contributed by atoms with Gasteiger partial charge in [-0.1, -0.05) is 23.7 Å². The summed E-state index contributed by atoms with van der Waals surface area (Å²) >= 11 is 8.26. The quantitative estimate of drug-likeness (QED) is 0.782. The number of carbonyl (C=O) groups is 1. The zero-order valence-corrected chi connectivity index (χ0v) is 13.7. The number of halogens is 2. The number of anilines is 1. The molecular formula is C15H13ClINO2. The minimum Gasteiger partial charge on any atom is -0.497 e. The molecule has 2 aromatic carbocycles. The molecule has 3 nitrogen and oxygen atoms in total. The second-order valence-electron chi connectivity index (χ2n) is 4.20. The molecule has 0 saturated carbocycles. The Hall–Kier alpha value is -1.27. The Labute approximate surface area is 136 Å². The van der Waals surface area contributed by atoms with E-state index in [4.69, 9.17) is 16.3 Å². The first kappa shape index (κ1) is 15.1. The van der Waals surface area contributed by atoms with Crippen LogP contribution in [0.3, 0.4) is 0 Å². The summed E-state index contributed by atoms with van der Waals surface area (Å²) in [6.45, 7) is 0. The lowest BCUT2D eigenvalue weighted by molar-refractivity contribution is -0.115. The Kier molecular flexibility index (Phi) is 5.25. The van der Waals surface area contributed by atoms with E-state index in [1.54, 1.807) is 13.2 Å². The molecule has 0 radical (unpaired) electrons. The zero-order chi connectivity index (χ0) is 14.5. The molecule has 1 amide bonds. The third-order valence-corrected chi connectivity index (χ3v) is 3.69. The van der Waals surface area contributed by atoms with Crippen molar-refractivity contribution in [3.8, 4) is 5.75 Å². The fraction of sp³-hybridized carbons (Fsp3) is 0.133. The maximum atomic E-state index is 12.0. The number of hydrogen-bond donors (Lipinski definition) is 1. The van der Waals surface area contributed by atoms with Gasteiger partial charge in [0.05, 0.1) is 24.2 Å². The maximum absolute atomic E-state index is 12.0. The van der Waals surface area contributed by atoms with Gasteiger partial charge in [0.2, 0.25) is 5.91 Å². The summed E-state index contributed by atoms with van der Waals surface area (Å²) in [6, 6.07) is 12.9. The summed E-state index contributed by atoms with van der Waals surface area (Å²) in [5.74, 6) is 0.629. The predicted octanol–water partition coefficient (Wildman–Crippen LogP) is 4.13. The Balaban J connectivity index is 2.05. The Morgan fingerprint density at radius 2 is 2.10 bits per heavy atom. The number of amides is 1. The van der Waals surface area contributed by atoms with Gasteiger partial charge in [-0.05, 0) is 58.5 Å². The highest BCUT2D eigenvalue weighted by atomic mass is 127. The Bertz CT molecular complexity index is 631. The Morgan fingerprint density at radius 3 is 2.80 bits per heavy atom. The molecule has 0 atom stereocenters. The third-order valence-electron chi connectivity index (χ3n) is 2.70. The molecule has 0 bridgehead atoms. The first-order chi connectivity index (χ1) is 9.58. The summed E-state index contributed by atoms with van der Waals surface area (Å²) in [5.41, 5.74) is 1.52. The van der Waals surface area contributed by atoms with Crippen molar-refractivity contribution in [1.82, 2.24) is 0 Å². The average molecular weight is 402 g/mol. The van der Waals surface area contributed by atoms with E-state index >= 15 is 0 Å². The number of methoxy groups -OCH3 is 1. The van der Waals surface area contributed by atoms with E-state index in [-0.39, 0.29) is 12.3 Å². The van der Waals surface area contributed by atoms with Crippen LogP contribution in [-0.2, 0) is 11.2 Å². The molecule has 0 unspecified atom stereocenters. The van der Waals surface area contributed by atoms with E-state index in [1.807, 2.05) is 36.4 Å². The number of carbonyl (C=O) groups excluding carboxylic acids is 1. The molecule has 2 rings (SSSR count). The van der Waals surface area contributed by atoms with Crippen molar-refractivity contribution >= 4 is 45.8 Å². The second kappa shape index (κ2) is 6.95. The second-order valence-corrected chi connectivity index (χ2v) is 5.85. The van der Waals surface area contributed by atoms with E-state index < -0.39 is 0 Å². The molecule has 20 heavy (non-hydrogen) atoms. The van der Waals surface area contributed by atoms with Gasteiger partial charge in [0.15, 0.2) is 0 Å². The van der Waals surface area contributed by atoms with Crippen LogP contribution >= 0.6 is 34.2 Å². The van der Waals surface area contributed by atoms with Gasteiger partial charge in [0, 0.05) is 3.57 Å². The number of nitrogens with one attached hydrogen (secondary N) is 1. The van der Waals surface area contributed by atoms with Crippen LogP contribution in [-0.4, -0.2) is 13.0 Å². The van der Waals surface area contributed by atoms with Crippen LogP contribution in [0.5, 0.6) is 5.75 Å². The standard InChI is InChI=1S/C15H13ClINO2/c1-20-12-4-2-3-10(7-12)8-15(19)18-14-6-5-11(17)9-13(14)16/h2-7,9H,8H2,1H3,(H,18,19). The Morgan fingerprint density at radius 1 is 1.30 bits per heavy atom. The van der Waals surface area contributed by atoms with Gasteiger partial charge in [-0.25, -0.2) is 0 Å². The first-order valence-electron chi connectivity index (χ1n) is 5.96. The highest BCUT2D eigenvalue weighted by molar-refractivity contribution is 14.1. The molecular weight excluding hydrogens is 389 g/mol. The molecule has 0 aliphatic carbocycles. The number of rotatable bonds is 4. The van der Waals surface area contributed by atoms with Crippen molar-refractivity contribution in [2.75, 3.05) is 12.4 Å². The van der Waals surface area contributed by atoms with Crippen LogP contribution in [0.25, 0.3) is 0 Å². The molecule has 0 fully saturated rings. The number of hydrogen-bond acceptors (Lipinski definition) is 2. The lowest BCUT2D eigenvalue weighted by Crippen LogP contribution is -2.14. The van der Waals surface area contributed by atoms with E-state index in [1.165, 1.54) is 0 Å². The van der Waals surface area contributed by atoms with Gasteiger partial charge >= 0.3 is 0 Å². The smallest absolute Gasteiger partial charge is 0.228 e. The third kappa shape index (κ3) is 4.11.